The molecule has 8 nitrogen and oxygen atoms in total. The molecule has 28 heavy (non-hydrogen) atoms. The van der Waals surface area contributed by atoms with Gasteiger partial charge in [0.25, 0.3) is 0 Å². The van der Waals surface area contributed by atoms with Gasteiger partial charge in [-0.2, -0.15) is 10.1 Å². The Kier molecular flexibility index (Phi) is 5.91. The second-order valence-electron chi connectivity index (χ2n) is 6.58. The highest BCUT2D eigenvalue weighted by Gasteiger charge is 2.19. The van der Waals surface area contributed by atoms with Crippen molar-refractivity contribution < 1.29 is 9.59 Å². The van der Waals surface area contributed by atoms with E-state index in [0.717, 1.165) is 11.4 Å². The van der Waals surface area contributed by atoms with Crippen molar-refractivity contribution in [2.75, 3.05) is 25.5 Å². The first-order valence-electron chi connectivity index (χ1n) is 8.67. The van der Waals surface area contributed by atoms with Crippen LogP contribution in [0, 0.1) is 13.8 Å². The van der Waals surface area contributed by atoms with Crippen molar-refractivity contribution in [2.45, 2.75) is 13.8 Å². The molecule has 0 radical (unpaired) electrons. The first-order chi connectivity index (χ1) is 13.3. The Labute approximate surface area is 167 Å². The van der Waals surface area contributed by atoms with Crippen LogP contribution in [0.3, 0.4) is 0 Å². The molecule has 0 atom stereocenters. The highest BCUT2D eigenvalue weighted by molar-refractivity contribution is 6.30. The molecule has 1 aromatic carbocycles. The summed E-state index contributed by atoms with van der Waals surface area (Å²) in [5.74, 6) is 0.287. The smallest absolute Gasteiger partial charge is 0.238 e. The molecule has 146 valence electrons. The number of carbonyl (C=O) groups excluding carboxylic acids is 2. The molecule has 2 N–H and O–H groups in total. The molecular weight excluding hydrogens is 380 g/mol. The molecule has 0 fully saturated rings. The number of hydrogen-bond acceptors (Lipinski definition) is 5. The van der Waals surface area contributed by atoms with Crippen molar-refractivity contribution in [3.8, 4) is 5.95 Å². The van der Waals surface area contributed by atoms with Gasteiger partial charge in [-0.25, -0.2) is 5.10 Å². The van der Waals surface area contributed by atoms with Gasteiger partial charge in [0.1, 0.15) is 6.33 Å². The summed E-state index contributed by atoms with van der Waals surface area (Å²) in [6.45, 7) is 3.97. The first kappa shape index (κ1) is 19.8. The average molecular weight is 401 g/mol. The van der Waals surface area contributed by atoms with Crippen LogP contribution in [0.1, 0.15) is 21.7 Å². The number of ketones is 1. The lowest BCUT2D eigenvalue weighted by Gasteiger charge is -2.15. The number of halogens is 1. The molecule has 0 saturated heterocycles. The molecule has 0 unspecified atom stereocenters. The van der Waals surface area contributed by atoms with Gasteiger partial charge in [-0.15, -0.1) is 0 Å². The van der Waals surface area contributed by atoms with Gasteiger partial charge < -0.3 is 5.32 Å². The molecule has 0 aliphatic heterocycles. The number of Topliss-reactive ketones (excluding diaryl/α,β-unsaturated/α-hetero) is 1. The Hall–Kier alpha value is -2.97. The highest BCUT2D eigenvalue weighted by Crippen LogP contribution is 2.19. The lowest BCUT2D eigenvalue weighted by Crippen LogP contribution is -2.34. The van der Waals surface area contributed by atoms with E-state index in [4.69, 9.17) is 11.6 Å². The molecule has 0 bridgehead atoms. The summed E-state index contributed by atoms with van der Waals surface area (Å²) in [6, 6.07) is 8.68. The molecule has 0 aliphatic carbocycles. The largest absolute Gasteiger partial charge is 0.325 e. The van der Waals surface area contributed by atoms with Crippen LogP contribution in [0.4, 0.5) is 5.69 Å². The molecule has 0 aliphatic rings. The zero-order valence-corrected chi connectivity index (χ0v) is 16.6. The van der Waals surface area contributed by atoms with Gasteiger partial charge in [-0.05, 0) is 51.2 Å². The van der Waals surface area contributed by atoms with Crippen molar-refractivity contribution in [1.82, 2.24) is 24.6 Å². The lowest BCUT2D eigenvalue weighted by atomic mass is 10.1. The van der Waals surface area contributed by atoms with E-state index in [1.54, 1.807) is 36.2 Å². The second-order valence-corrected chi connectivity index (χ2v) is 7.02. The monoisotopic (exact) mass is 400 g/mol. The normalized spacial score (nSPS) is 11.0. The Morgan fingerprint density at radius 2 is 1.93 bits per heavy atom. The fourth-order valence-electron chi connectivity index (χ4n) is 3.04. The Bertz CT molecular complexity index is 979. The van der Waals surface area contributed by atoms with Crippen LogP contribution in [0.25, 0.3) is 5.95 Å². The van der Waals surface area contributed by atoms with Gasteiger partial charge in [0.15, 0.2) is 5.78 Å². The van der Waals surface area contributed by atoms with Gasteiger partial charge in [0.05, 0.1) is 13.1 Å². The third kappa shape index (κ3) is 4.47. The average Bonchev–Trinajstić information content (AvgIpc) is 3.24. The number of amides is 1. The number of aromatic amines is 1. The number of aromatic nitrogens is 4. The third-order valence-corrected chi connectivity index (χ3v) is 4.55. The van der Waals surface area contributed by atoms with Crippen LogP contribution < -0.4 is 5.32 Å². The van der Waals surface area contributed by atoms with Crippen LogP contribution in [-0.2, 0) is 4.79 Å². The van der Waals surface area contributed by atoms with Crippen LogP contribution >= 0.6 is 11.6 Å². The maximum absolute atomic E-state index is 12.7. The van der Waals surface area contributed by atoms with Gasteiger partial charge in [-0.1, -0.05) is 11.6 Å². The molecule has 1 amide bonds. The summed E-state index contributed by atoms with van der Waals surface area (Å²) in [4.78, 5) is 30.7. The zero-order chi connectivity index (χ0) is 20.3. The molecule has 3 aromatic rings. The number of carbonyl (C=O) groups is 2. The summed E-state index contributed by atoms with van der Waals surface area (Å²) in [7, 11) is 1.73. The van der Waals surface area contributed by atoms with E-state index in [1.165, 1.54) is 6.33 Å². The Balaban J connectivity index is 1.62. The van der Waals surface area contributed by atoms with Crippen LogP contribution in [0.15, 0.2) is 36.7 Å². The van der Waals surface area contributed by atoms with Crippen LogP contribution in [-0.4, -0.2) is 56.5 Å². The third-order valence-electron chi connectivity index (χ3n) is 4.30. The SMILES string of the molecule is Cc1cc(C(=O)CN(C)CC(=O)Nc2ccc(Cl)cc2)c(C)n1-c1ncn[nH]1. The van der Waals surface area contributed by atoms with Crippen LogP contribution in [0.2, 0.25) is 5.02 Å². The van der Waals surface area contributed by atoms with Crippen LogP contribution in [0.5, 0.6) is 0 Å². The number of H-pyrrole nitrogens is 1. The van der Waals surface area contributed by atoms with Crippen molar-refractivity contribution in [1.29, 1.82) is 0 Å². The molecule has 2 aromatic heterocycles. The molecule has 0 spiro atoms. The maximum Gasteiger partial charge on any atom is 0.238 e. The Morgan fingerprint density at radius 3 is 2.57 bits per heavy atom. The maximum atomic E-state index is 12.7. The minimum atomic E-state index is -0.204. The summed E-state index contributed by atoms with van der Waals surface area (Å²) in [5, 5.41) is 10.0. The predicted molar refractivity (Wildman–Crippen MR) is 107 cm³/mol. The Morgan fingerprint density at radius 1 is 1.21 bits per heavy atom. The van der Waals surface area contributed by atoms with E-state index < -0.39 is 0 Å². The van der Waals surface area contributed by atoms with E-state index >= 15 is 0 Å². The second kappa shape index (κ2) is 8.37. The predicted octanol–water partition coefficient (Wildman–Crippen LogP) is 2.62. The van der Waals surface area contributed by atoms with E-state index in [2.05, 4.69) is 20.5 Å². The van der Waals surface area contributed by atoms with Gasteiger partial charge in [-0.3, -0.25) is 19.1 Å². The highest BCUT2D eigenvalue weighted by atomic mass is 35.5. The zero-order valence-electron chi connectivity index (χ0n) is 15.9. The van der Waals surface area contributed by atoms with Crippen molar-refractivity contribution >= 4 is 29.0 Å². The van der Waals surface area contributed by atoms with E-state index in [-0.39, 0.29) is 24.8 Å². The summed E-state index contributed by atoms with van der Waals surface area (Å²) >= 11 is 5.84. The molecule has 2 heterocycles. The summed E-state index contributed by atoms with van der Waals surface area (Å²) < 4.78 is 1.84. The molecule has 3 rings (SSSR count). The number of nitrogens with zero attached hydrogens (tertiary/aromatic N) is 4. The van der Waals surface area contributed by atoms with E-state index in [1.807, 2.05) is 24.5 Å². The molecule has 0 saturated carbocycles. The minimum absolute atomic E-state index is 0.0688. The quantitative estimate of drug-likeness (QED) is 0.594. The van der Waals surface area contributed by atoms with Crippen molar-refractivity contribution in [3.63, 3.8) is 0 Å². The topological polar surface area (TPSA) is 95.9 Å². The van der Waals surface area contributed by atoms with Gasteiger partial charge >= 0.3 is 0 Å². The molecule has 9 heteroatoms. The van der Waals surface area contributed by atoms with Crippen molar-refractivity contribution in [3.05, 3.63) is 58.6 Å². The number of nitrogens with one attached hydrogen (secondary N) is 2. The minimum Gasteiger partial charge on any atom is -0.325 e. The van der Waals surface area contributed by atoms with Crippen molar-refractivity contribution in [2.24, 2.45) is 0 Å². The number of likely N-dealkylation sites (N-methyl/N-ethyl adjacent to an activating group) is 1. The summed E-state index contributed by atoms with van der Waals surface area (Å²) in [5.41, 5.74) is 2.91. The number of hydrogen-bond donors (Lipinski definition) is 2. The fourth-order valence-corrected chi connectivity index (χ4v) is 3.17. The van der Waals surface area contributed by atoms with E-state index in [9.17, 15) is 9.59 Å². The lowest BCUT2D eigenvalue weighted by molar-refractivity contribution is -0.116. The van der Waals surface area contributed by atoms with Gasteiger partial charge in [0, 0.05) is 27.7 Å². The number of aryl methyl sites for hydroxylation is 1. The summed E-state index contributed by atoms with van der Waals surface area (Å²) in [6.07, 6.45) is 1.42. The molecular formula is C19H21ClN6O2. The number of benzene rings is 1. The van der Waals surface area contributed by atoms with Gasteiger partial charge in [0.2, 0.25) is 11.9 Å². The fraction of sp³-hybridized carbons (Fsp3) is 0.263. The first-order valence-corrected chi connectivity index (χ1v) is 9.05. The number of rotatable bonds is 7. The standard InChI is InChI=1S/C19H21ClN6O2/c1-12-8-16(13(2)26(12)19-21-11-22-24-19)17(27)9-25(3)10-18(28)23-15-6-4-14(20)5-7-15/h4-8,11H,9-10H2,1-3H3,(H,23,28)(H,21,22,24). The van der Waals surface area contributed by atoms with E-state index in [0.29, 0.717) is 22.2 Å². The number of anilines is 1.